The van der Waals surface area contributed by atoms with E-state index in [2.05, 4.69) is 40.4 Å². The van der Waals surface area contributed by atoms with Gasteiger partial charge in [-0.05, 0) is 30.6 Å². The van der Waals surface area contributed by atoms with Crippen molar-refractivity contribution in [3.63, 3.8) is 0 Å². The van der Waals surface area contributed by atoms with Crippen molar-refractivity contribution in [3.8, 4) is 0 Å². The van der Waals surface area contributed by atoms with Gasteiger partial charge in [0.05, 0.1) is 19.8 Å². The monoisotopic (exact) mass is 439 g/mol. The van der Waals surface area contributed by atoms with Crippen molar-refractivity contribution in [2.75, 3.05) is 13.7 Å². The minimum Gasteiger partial charge on any atom is -0.406 e. The number of aliphatic hydroxyl groups is 1. The number of hydrogen-bond donors (Lipinski definition) is 1. The number of aliphatic hydroxyl groups excluding tert-OH is 1. The van der Waals surface area contributed by atoms with Crippen molar-refractivity contribution in [2.24, 2.45) is 0 Å². The highest BCUT2D eigenvalue weighted by atomic mass is 28.4. The molecule has 1 fully saturated rings. The van der Waals surface area contributed by atoms with Crippen LogP contribution in [0.2, 0.25) is 18.1 Å². The number of ether oxygens (including phenoxy) is 2. The van der Waals surface area contributed by atoms with Crippen molar-refractivity contribution in [2.45, 2.75) is 82.4 Å². The fourth-order valence-electron chi connectivity index (χ4n) is 3.21. The normalized spacial score (nSPS) is 31.8. The fourth-order valence-corrected chi connectivity index (χ4v) is 4.50. The SMILES string of the molecule is [2H]C(c1ccccc1)C1(OCC=C)O[C@@H](C)[C@@H](O)[C@@H](OOC)[C@@H]1O[Si](C)(C)C(C)(C)C. The van der Waals surface area contributed by atoms with Gasteiger partial charge in [0.1, 0.15) is 12.2 Å². The van der Waals surface area contributed by atoms with Gasteiger partial charge in [-0.1, -0.05) is 57.2 Å². The van der Waals surface area contributed by atoms with E-state index < -0.39 is 44.9 Å². The maximum Gasteiger partial charge on any atom is 0.201 e. The molecule has 0 bridgehead atoms. The Morgan fingerprint density at radius 1 is 1.30 bits per heavy atom. The van der Waals surface area contributed by atoms with Gasteiger partial charge in [0.15, 0.2) is 14.4 Å². The lowest BCUT2D eigenvalue weighted by atomic mass is 9.88. The van der Waals surface area contributed by atoms with Gasteiger partial charge >= 0.3 is 0 Å². The maximum absolute atomic E-state index is 10.9. The fraction of sp³-hybridized carbons (Fsp3) is 0.652. The van der Waals surface area contributed by atoms with Gasteiger partial charge in [-0.25, -0.2) is 9.78 Å². The smallest absolute Gasteiger partial charge is 0.201 e. The summed E-state index contributed by atoms with van der Waals surface area (Å²) in [7, 11) is -1.02. The van der Waals surface area contributed by atoms with Crippen LogP contribution in [0.1, 0.15) is 34.6 Å². The molecule has 1 aromatic rings. The van der Waals surface area contributed by atoms with E-state index in [1.54, 1.807) is 13.0 Å². The van der Waals surface area contributed by atoms with Crippen molar-refractivity contribution < 1.29 is 30.2 Å². The Kier molecular flexibility index (Phi) is 7.90. The van der Waals surface area contributed by atoms with E-state index in [1.807, 2.05) is 30.3 Å². The Morgan fingerprint density at radius 2 is 1.93 bits per heavy atom. The van der Waals surface area contributed by atoms with Crippen LogP contribution in [0.25, 0.3) is 0 Å². The van der Waals surface area contributed by atoms with Gasteiger partial charge in [-0.2, -0.15) is 0 Å². The second kappa shape index (κ2) is 10.0. The minimum absolute atomic E-state index is 0.132. The molecule has 0 aliphatic carbocycles. The molecule has 2 unspecified atom stereocenters. The predicted molar refractivity (Wildman–Crippen MR) is 120 cm³/mol. The third-order valence-corrected chi connectivity index (χ3v) is 10.4. The van der Waals surface area contributed by atoms with Gasteiger partial charge in [0.25, 0.3) is 0 Å². The summed E-state index contributed by atoms with van der Waals surface area (Å²) in [6.45, 7) is 16.2. The highest BCUT2D eigenvalue weighted by molar-refractivity contribution is 6.74. The number of rotatable bonds is 9. The molecule has 0 spiro atoms. The van der Waals surface area contributed by atoms with E-state index >= 15 is 0 Å². The third kappa shape index (κ3) is 5.59. The molecule has 2 rings (SSSR count). The molecule has 1 aliphatic heterocycles. The summed E-state index contributed by atoms with van der Waals surface area (Å²) in [5, 5.41) is 10.8. The summed E-state index contributed by atoms with van der Waals surface area (Å²) < 4.78 is 28.5. The maximum atomic E-state index is 10.9. The van der Waals surface area contributed by atoms with Crippen LogP contribution in [0.15, 0.2) is 43.0 Å². The Hall–Kier alpha value is -1.06. The first-order valence-electron chi connectivity index (χ1n) is 10.9. The van der Waals surface area contributed by atoms with Crippen LogP contribution >= 0.6 is 0 Å². The summed E-state index contributed by atoms with van der Waals surface area (Å²) in [6.07, 6.45) is -2.90. The zero-order valence-electron chi connectivity index (χ0n) is 20.3. The first kappa shape index (κ1) is 23.6. The average Bonchev–Trinajstić information content (AvgIpc) is 2.71. The molecule has 0 aromatic heterocycles. The van der Waals surface area contributed by atoms with Crippen LogP contribution in [0.4, 0.5) is 0 Å². The van der Waals surface area contributed by atoms with Crippen LogP contribution < -0.4 is 0 Å². The number of hydrogen-bond acceptors (Lipinski definition) is 6. The van der Waals surface area contributed by atoms with Crippen LogP contribution in [0.3, 0.4) is 0 Å². The second-order valence-corrected chi connectivity index (χ2v) is 14.0. The molecule has 1 heterocycles. The van der Waals surface area contributed by atoms with Crippen molar-refractivity contribution in [3.05, 3.63) is 48.6 Å². The average molecular weight is 440 g/mol. The van der Waals surface area contributed by atoms with E-state index in [1.165, 1.54) is 7.11 Å². The van der Waals surface area contributed by atoms with E-state index in [0.717, 1.165) is 0 Å². The Balaban J connectivity index is 2.66. The molecule has 1 aromatic carbocycles. The molecule has 1 aliphatic rings. The molecule has 170 valence electrons. The second-order valence-electron chi connectivity index (χ2n) is 9.22. The van der Waals surface area contributed by atoms with Crippen LogP contribution in [0.5, 0.6) is 0 Å². The summed E-state index contributed by atoms with van der Waals surface area (Å²) in [5.41, 5.74) is 0.704. The standard InChI is InChI=1S/C23H38O6Si/c1-9-15-26-23(16-18-13-11-10-12-14-18)21(29-30(7,8)22(3,4)5)20(28-25-6)19(24)17(2)27-23/h9-14,17,19-21,24H,1,15-16H2,2-8H3/t17-,19+,20+,21-,23?/m0/s1/i16D/t16?,17-,19+,20+,21-,23?. The Labute approximate surface area is 183 Å². The zero-order valence-corrected chi connectivity index (χ0v) is 20.3. The topological polar surface area (TPSA) is 66.4 Å². The molecule has 0 saturated carbocycles. The summed E-state index contributed by atoms with van der Waals surface area (Å²) in [4.78, 5) is 10.5. The van der Waals surface area contributed by atoms with E-state index in [4.69, 9.17) is 23.7 Å². The Morgan fingerprint density at radius 3 is 2.47 bits per heavy atom. The van der Waals surface area contributed by atoms with Crippen molar-refractivity contribution in [1.82, 2.24) is 0 Å². The molecule has 7 heteroatoms. The lowest BCUT2D eigenvalue weighted by molar-refractivity contribution is -0.410. The first-order valence-corrected chi connectivity index (χ1v) is 13.3. The summed E-state index contributed by atoms with van der Waals surface area (Å²) in [5.74, 6) is -1.55. The molecule has 1 N–H and O–H groups in total. The largest absolute Gasteiger partial charge is 0.406 e. The molecule has 6 nitrogen and oxygen atoms in total. The zero-order chi connectivity index (χ0) is 23.4. The number of benzene rings is 1. The van der Waals surface area contributed by atoms with Crippen LogP contribution in [0, 0.1) is 0 Å². The Bertz CT molecular complexity index is 710. The molecular formula is C23H38O6Si. The van der Waals surface area contributed by atoms with E-state index in [9.17, 15) is 6.48 Å². The lowest BCUT2D eigenvalue weighted by Crippen LogP contribution is -2.69. The molecule has 0 amide bonds. The summed E-state index contributed by atoms with van der Waals surface area (Å²) in [6, 6.07) is 9.33. The molecule has 30 heavy (non-hydrogen) atoms. The highest BCUT2D eigenvalue weighted by Crippen LogP contribution is 2.44. The van der Waals surface area contributed by atoms with Crippen molar-refractivity contribution >= 4 is 8.32 Å². The van der Waals surface area contributed by atoms with Gasteiger partial charge in [0.2, 0.25) is 5.79 Å². The molecule has 6 atom stereocenters. The third-order valence-electron chi connectivity index (χ3n) is 5.91. The van der Waals surface area contributed by atoms with Gasteiger partial charge < -0.3 is 19.0 Å². The summed E-state index contributed by atoms with van der Waals surface area (Å²) >= 11 is 0. The van der Waals surface area contributed by atoms with Crippen molar-refractivity contribution in [1.29, 1.82) is 0 Å². The van der Waals surface area contributed by atoms with Gasteiger partial charge in [-0.15, -0.1) is 6.58 Å². The van der Waals surface area contributed by atoms with E-state index in [0.29, 0.717) is 5.56 Å². The van der Waals surface area contributed by atoms with Gasteiger partial charge in [0, 0.05) is 7.77 Å². The quantitative estimate of drug-likeness (QED) is 0.269. The lowest BCUT2D eigenvalue weighted by Gasteiger charge is -2.53. The minimum atomic E-state index is -2.41. The molecule has 0 radical (unpaired) electrons. The van der Waals surface area contributed by atoms with Crippen LogP contribution in [-0.2, 0) is 30.1 Å². The van der Waals surface area contributed by atoms with Crippen LogP contribution in [-0.4, -0.2) is 57.3 Å². The highest BCUT2D eigenvalue weighted by Gasteiger charge is 2.58. The predicted octanol–water partition coefficient (Wildman–Crippen LogP) is 4.24. The molecular weight excluding hydrogens is 400 g/mol. The first-order chi connectivity index (χ1) is 14.4. The molecule has 1 saturated heterocycles. The van der Waals surface area contributed by atoms with Gasteiger partial charge in [-0.3, -0.25) is 0 Å². The van der Waals surface area contributed by atoms with E-state index in [-0.39, 0.29) is 11.6 Å².